The first-order chi connectivity index (χ1) is 11.1. The van der Waals surface area contributed by atoms with Crippen LogP contribution in [0.2, 0.25) is 0 Å². The maximum absolute atomic E-state index is 12.8. The number of hydrogen-bond acceptors (Lipinski definition) is 3. The maximum Gasteiger partial charge on any atom is 0.255 e. The summed E-state index contributed by atoms with van der Waals surface area (Å²) in [6, 6.07) is 11.6. The molecule has 23 heavy (non-hydrogen) atoms. The molecule has 0 aliphatic heterocycles. The van der Waals surface area contributed by atoms with Crippen molar-refractivity contribution in [1.82, 2.24) is 5.32 Å². The maximum atomic E-state index is 12.8. The van der Waals surface area contributed by atoms with Gasteiger partial charge in [0.1, 0.15) is 5.75 Å². The van der Waals surface area contributed by atoms with E-state index in [9.17, 15) is 9.90 Å². The van der Waals surface area contributed by atoms with Crippen LogP contribution >= 0.6 is 0 Å². The number of rotatable bonds is 5. The molecule has 1 amide bonds. The van der Waals surface area contributed by atoms with E-state index < -0.39 is 5.60 Å². The Morgan fingerprint density at radius 1 is 1.22 bits per heavy atom. The lowest BCUT2D eigenvalue weighted by Gasteiger charge is -2.23. The van der Waals surface area contributed by atoms with Crippen LogP contribution in [0.3, 0.4) is 0 Å². The Kier molecular flexibility index (Phi) is 4.53. The van der Waals surface area contributed by atoms with Crippen molar-refractivity contribution in [2.45, 2.75) is 38.2 Å². The van der Waals surface area contributed by atoms with Gasteiger partial charge in [-0.05, 0) is 36.6 Å². The minimum Gasteiger partial charge on any atom is -0.493 e. The number of nitrogens with one attached hydrogen (secondary N) is 1. The largest absolute Gasteiger partial charge is 0.493 e. The van der Waals surface area contributed by atoms with Crippen LogP contribution in [-0.4, -0.2) is 29.8 Å². The van der Waals surface area contributed by atoms with E-state index in [1.54, 1.807) is 0 Å². The molecule has 2 aromatic carbocycles. The van der Waals surface area contributed by atoms with Crippen molar-refractivity contribution in [1.29, 1.82) is 0 Å². The molecule has 4 nitrogen and oxygen atoms in total. The van der Waals surface area contributed by atoms with Crippen molar-refractivity contribution >= 4 is 16.7 Å². The molecule has 1 aliphatic carbocycles. The third-order valence-electron chi connectivity index (χ3n) is 4.53. The standard InChI is InChI=1S/C19H23NO3/c1-2-23-16-10-9-14-7-3-4-8-15(14)17(16)18(21)20-13-19(22)11-5-6-12-19/h3-4,7-10,22H,2,5-6,11-13H2,1H3,(H,20,21). The van der Waals surface area contributed by atoms with Crippen molar-refractivity contribution < 1.29 is 14.6 Å². The average molecular weight is 313 g/mol. The van der Waals surface area contributed by atoms with Gasteiger partial charge < -0.3 is 15.2 Å². The molecule has 0 unspecified atom stereocenters. The van der Waals surface area contributed by atoms with Gasteiger partial charge in [-0.3, -0.25) is 4.79 Å². The van der Waals surface area contributed by atoms with Crippen LogP contribution in [-0.2, 0) is 0 Å². The van der Waals surface area contributed by atoms with Gasteiger partial charge in [-0.25, -0.2) is 0 Å². The molecule has 1 fully saturated rings. The predicted octanol–water partition coefficient (Wildman–Crippen LogP) is 3.27. The molecular formula is C19H23NO3. The van der Waals surface area contributed by atoms with Gasteiger partial charge in [0.25, 0.3) is 5.91 Å². The van der Waals surface area contributed by atoms with Crippen molar-refractivity contribution in [3.05, 3.63) is 42.0 Å². The molecule has 0 atom stereocenters. The SMILES string of the molecule is CCOc1ccc2ccccc2c1C(=O)NCC1(O)CCCC1. The summed E-state index contributed by atoms with van der Waals surface area (Å²) in [7, 11) is 0. The molecule has 0 spiro atoms. The van der Waals surface area contributed by atoms with Crippen molar-refractivity contribution in [2.75, 3.05) is 13.2 Å². The Balaban J connectivity index is 1.89. The molecule has 0 radical (unpaired) electrons. The van der Waals surface area contributed by atoms with Gasteiger partial charge in [0.05, 0.1) is 17.8 Å². The highest BCUT2D eigenvalue weighted by Crippen LogP contribution is 2.30. The zero-order valence-corrected chi connectivity index (χ0v) is 13.5. The number of fused-ring (bicyclic) bond motifs is 1. The predicted molar refractivity (Wildman–Crippen MR) is 90.9 cm³/mol. The zero-order valence-electron chi connectivity index (χ0n) is 13.5. The smallest absolute Gasteiger partial charge is 0.255 e. The fourth-order valence-corrected chi connectivity index (χ4v) is 3.30. The molecule has 0 aromatic heterocycles. The van der Waals surface area contributed by atoms with E-state index >= 15 is 0 Å². The number of hydrogen-bond donors (Lipinski definition) is 2. The highest BCUT2D eigenvalue weighted by Gasteiger charge is 2.31. The quantitative estimate of drug-likeness (QED) is 0.890. The van der Waals surface area contributed by atoms with Crippen LogP contribution in [0.15, 0.2) is 36.4 Å². The lowest BCUT2D eigenvalue weighted by atomic mass is 10.0. The van der Waals surface area contributed by atoms with Crippen LogP contribution in [0.5, 0.6) is 5.75 Å². The molecule has 1 aliphatic rings. The highest BCUT2D eigenvalue weighted by atomic mass is 16.5. The van der Waals surface area contributed by atoms with E-state index in [4.69, 9.17) is 4.74 Å². The molecule has 0 saturated heterocycles. The second-order valence-corrected chi connectivity index (χ2v) is 6.21. The Hall–Kier alpha value is -2.07. The van der Waals surface area contributed by atoms with Gasteiger partial charge >= 0.3 is 0 Å². The molecule has 0 bridgehead atoms. The molecule has 4 heteroatoms. The van der Waals surface area contributed by atoms with E-state index in [1.807, 2.05) is 43.3 Å². The molecule has 122 valence electrons. The van der Waals surface area contributed by atoms with E-state index in [0.29, 0.717) is 24.5 Å². The van der Waals surface area contributed by atoms with Crippen molar-refractivity contribution in [3.8, 4) is 5.75 Å². The summed E-state index contributed by atoms with van der Waals surface area (Å²) in [5.41, 5.74) is -0.210. The lowest BCUT2D eigenvalue weighted by Crippen LogP contribution is -2.40. The summed E-state index contributed by atoms with van der Waals surface area (Å²) in [5, 5.41) is 15.2. The monoisotopic (exact) mass is 313 g/mol. The van der Waals surface area contributed by atoms with E-state index in [-0.39, 0.29) is 5.91 Å². The molecule has 3 rings (SSSR count). The molecular weight excluding hydrogens is 290 g/mol. The highest BCUT2D eigenvalue weighted by molar-refractivity contribution is 6.09. The summed E-state index contributed by atoms with van der Waals surface area (Å²) in [6.07, 6.45) is 3.54. The Labute approximate surface area is 136 Å². The Bertz CT molecular complexity index is 705. The van der Waals surface area contributed by atoms with Crippen LogP contribution in [0, 0.1) is 0 Å². The normalized spacial score (nSPS) is 16.4. The molecule has 1 saturated carbocycles. The zero-order chi connectivity index (χ0) is 16.3. The lowest BCUT2D eigenvalue weighted by molar-refractivity contribution is 0.0449. The Morgan fingerprint density at radius 3 is 2.70 bits per heavy atom. The second-order valence-electron chi connectivity index (χ2n) is 6.21. The van der Waals surface area contributed by atoms with Gasteiger partial charge in [0.2, 0.25) is 0 Å². The van der Waals surface area contributed by atoms with Gasteiger partial charge in [0, 0.05) is 6.54 Å². The number of carbonyl (C=O) groups is 1. The minimum absolute atomic E-state index is 0.189. The summed E-state index contributed by atoms with van der Waals surface area (Å²) < 4.78 is 5.64. The van der Waals surface area contributed by atoms with E-state index in [0.717, 1.165) is 36.5 Å². The molecule has 2 N–H and O–H groups in total. The number of amides is 1. The first-order valence-electron chi connectivity index (χ1n) is 8.28. The van der Waals surface area contributed by atoms with Crippen molar-refractivity contribution in [2.24, 2.45) is 0 Å². The molecule has 2 aromatic rings. The van der Waals surface area contributed by atoms with Crippen LogP contribution < -0.4 is 10.1 Å². The van der Waals surface area contributed by atoms with Crippen molar-refractivity contribution in [3.63, 3.8) is 0 Å². The summed E-state index contributed by atoms with van der Waals surface area (Å²) in [4.78, 5) is 12.8. The van der Waals surface area contributed by atoms with Crippen LogP contribution in [0.25, 0.3) is 10.8 Å². The fourth-order valence-electron chi connectivity index (χ4n) is 3.30. The van der Waals surface area contributed by atoms with E-state index in [2.05, 4.69) is 5.32 Å². The number of ether oxygens (including phenoxy) is 1. The number of carbonyl (C=O) groups excluding carboxylic acids is 1. The molecule has 0 heterocycles. The van der Waals surface area contributed by atoms with Gasteiger partial charge in [-0.15, -0.1) is 0 Å². The Morgan fingerprint density at radius 2 is 1.96 bits per heavy atom. The van der Waals surface area contributed by atoms with Gasteiger partial charge in [-0.1, -0.05) is 43.2 Å². The minimum atomic E-state index is -0.758. The first kappa shape index (κ1) is 15.8. The summed E-state index contributed by atoms with van der Waals surface area (Å²) in [5.74, 6) is 0.396. The topological polar surface area (TPSA) is 58.6 Å². The van der Waals surface area contributed by atoms with Crippen LogP contribution in [0.1, 0.15) is 43.0 Å². The number of aliphatic hydroxyl groups is 1. The van der Waals surface area contributed by atoms with Crippen LogP contribution in [0.4, 0.5) is 0 Å². The average Bonchev–Trinajstić information content (AvgIpc) is 3.00. The summed E-state index contributed by atoms with van der Waals surface area (Å²) >= 11 is 0. The van der Waals surface area contributed by atoms with E-state index in [1.165, 1.54) is 0 Å². The summed E-state index contributed by atoms with van der Waals surface area (Å²) in [6.45, 7) is 2.70. The second kappa shape index (κ2) is 6.59. The van der Waals surface area contributed by atoms with Gasteiger partial charge in [-0.2, -0.15) is 0 Å². The first-order valence-corrected chi connectivity index (χ1v) is 8.28. The number of benzene rings is 2. The fraction of sp³-hybridized carbons (Fsp3) is 0.421. The third kappa shape index (κ3) is 3.32. The third-order valence-corrected chi connectivity index (χ3v) is 4.53. The van der Waals surface area contributed by atoms with Gasteiger partial charge in [0.15, 0.2) is 0 Å².